The molecule has 6 nitrogen and oxygen atoms in total. The molecule has 0 saturated heterocycles. The monoisotopic (exact) mass is 366 g/mol. The molecule has 1 atom stereocenters. The maximum absolute atomic E-state index is 13.4. The van der Waals surface area contributed by atoms with E-state index in [9.17, 15) is 17.6 Å². The summed E-state index contributed by atoms with van der Waals surface area (Å²) in [6.07, 6.45) is -1.12. The topological polar surface area (TPSA) is 98.5 Å². The molecule has 0 aliphatic carbocycles. The van der Waals surface area contributed by atoms with E-state index in [4.69, 9.17) is 9.92 Å². The van der Waals surface area contributed by atoms with Crippen molar-refractivity contribution < 1.29 is 21.8 Å². The maximum Gasteiger partial charge on any atom is 0.297 e. The quantitative estimate of drug-likeness (QED) is 0.605. The summed E-state index contributed by atoms with van der Waals surface area (Å²) in [4.78, 5) is 12.2. The number of benzene rings is 2. The fourth-order valence-electron chi connectivity index (χ4n) is 2.04. The van der Waals surface area contributed by atoms with Crippen molar-refractivity contribution in [3.8, 4) is 0 Å². The molecule has 2 aromatic carbocycles. The van der Waals surface area contributed by atoms with Gasteiger partial charge in [0.25, 0.3) is 16.0 Å². The third kappa shape index (κ3) is 4.77. The standard InChI is InChI=1S/C17H19FN2O4S/c1-3-16(17(21)20-12-6-9-15(19)14(18)10-12)24-25(22,23)13-7-4-11(2)5-8-13/h4-10,16H,3,19H2,1-2H3,(H,20,21). The largest absolute Gasteiger partial charge is 0.396 e. The molecule has 2 rings (SSSR count). The first-order valence-electron chi connectivity index (χ1n) is 7.59. The van der Waals surface area contributed by atoms with Crippen LogP contribution in [0.15, 0.2) is 47.4 Å². The van der Waals surface area contributed by atoms with Gasteiger partial charge in [0.05, 0.1) is 10.6 Å². The van der Waals surface area contributed by atoms with Crippen LogP contribution in [0.2, 0.25) is 0 Å². The van der Waals surface area contributed by atoms with Gasteiger partial charge >= 0.3 is 0 Å². The SMILES string of the molecule is CCC(OS(=O)(=O)c1ccc(C)cc1)C(=O)Nc1ccc(N)c(F)c1. The van der Waals surface area contributed by atoms with Crippen LogP contribution in [0.5, 0.6) is 0 Å². The number of rotatable bonds is 6. The lowest BCUT2D eigenvalue weighted by atomic mass is 10.2. The minimum Gasteiger partial charge on any atom is -0.396 e. The molecule has 3 N–H and O–H groups in total. The van der Waals surface area contributed by atoms with Crippen LogP contribution in [0, 0.1) is 12.7 Å². The predicted molar refractivity (Wildman–Crippen MR) is 93.0 cm³/mol. The molecular weight excluding hydrogens is 347 g/mol. The van der Waals surface area contributed by atoms with Gasteiger partial charge in [-0.3, -0.25) is 8.98 Å². The summed E-state index contributed by atoms with van der Waals surface area (Å²) >= 11 is 0. The molecule has 2 aromatic rings. The average molecular weight is 366 g/mol. The lowest BCUT2D eigenvalue weighted by Gasteiger charge is -2.16. The highest BCUT2D eigenvalue weighted by molar-refractivity contribution is 7.86. The van der Waals surface area contributed by atoms with Gasteiger partial charge in [0.2, 0.25) is 0 Å². The van der Waals surface area contributed by atoms with Gasteiger partial charge in [-0.1, -0.05) is 24.6 Å². The van der Waals surface area contributed by atoms with Crippen LogP contribution in [0.25, 0.3) is 0 Å². The fraction of sp³-hybridized carbons (Fsp3) is 0.235. The summed E-state index contributed by atoms with van der Waals surface area (Å²) in [5.74, 6) is -1.37. The Morgan fingerprint density at radius 3 is 2.44 bits per heavy atom. The molecule has 0 saturated carbocycles. The molecule has 0 aliphatic heterocycles. The van der Waals surface area contributed by atoms with E-state index in [1.807, 2.05) is 6.92 Å². The average Bonchev–Trinajstić information content (AvgIpc) is 2.56. The second-order valence-electron chi connectivity index (χ2n) is 5.49. The van der Waals surface area contributed by atoms with Crippen LogP contribution in [-0.2, 0) is 19.1 Å². The second kappa shape index (κ2) is 7.62. The van der Waals surface area contributed by atoms with Gasteiger partial charge in [-0.2, -0.15) is 8.42 Å². The Hall–Kier alpha value is -2.45. The summed E-state index contributed by atoms with van der Waals surface area (Å²) in [6.45, 7) is 3.43. The van der Waals surface area contributed by atoms with Crippen molar-refractivity contribution in [3.63, 3.8) is 0 Å². The summed E-state index contributed by atoms with van der Waals surface area (Å²) < 4.78 is 43.1. The Morgan fingerprint density at radius 2 is 1.88 bits per heavy atom. The first kappa shape index (κ1) is 18.9. The van der Waals surface area contributed by atoms with Gasteiger partial charge in [-0.15, -0.1) is 0 Å². The van der Waals surface area contributed by atoms with Crippen LogP contribution in [0.1, 0.15) is 18.9 Å². The fourth-order valence-corrected chi connectivity index (χ4v) is 3.15. The van der Waals surface area contributed by atoms with E-state index in [0.717, 1.165) is 11.6 Å². The molecule has 0 fully saturated rings. The first-order chi connectivity index (χ1) is 11.7. The Kier molecular flexibility index (Phi) is 5.76. The highest BCUT2D eigenvalue weighted by Gasteiger charge is 2.26. The Bertz CT molecular complexity index is 867. The molecule has 0 aliphatic rings. The predicted octanol–water partition coefficient (Wildman–Crippen LogP) is 2.84. The van der Waals surface area contributed by atoms with Crippen LogP contribution >= 0.6 is 0 Å². The molecular formula is C17H19FN2O4S. The van der Waals surface area contributed by atoms with E-state index >= 15 is 0 Å². The van der Waals surface area contributed by atoms with Crippen molar-refractivity contribution in [2.45, 2.75) is 31.3 Å². The molecule has 0 bridgehead atoms. The third-order valence-electron chi connectivity index (χ3n) is 3.48. The maximum atomic E-state index is 13.4. The van der Waals surface area contributed by atoms with Gasteiger partial charge in [-0.05, 0) is 43.7 Å². The number of carbonyl (C=O) groups excluding carboxylic acids is 1. The lowest BCUT2D eigenvalue weighted by Crippen LogP contribution is -2.32. The smallest absolute Gasteiger partial charge is 0.297 e. The van der Waals surface area contributed by atoms with E-state index in [1.54, 1.807) is 19.1 Å². The highest BCUT2D eigenvalue weighted by Crippen LogP contribution is 2.19. The molecule has 134 valence electrons. The number of anilines is 2. The van der Waals surface area contributed by atoms with E-state index in [1.165, 1.54) is 24.3 Å². The summed E-state index contributed by atoms with van der Waals surface area (Å²) in [7, 11) is -4.10. The molecule has 0 heterocycles. The van der Waals surface area contributed by atoms with Crippen LogP contribution in [0.3, 0.4) is 0 Å². The lowest BCUT2D eigenvalue weighted by molar-refractivity contribution is -0.122. The molecule has 25 heavy (non-hydrogen) atoms. The van der Waals surface area contributed by atoms with Gasteiger partial charge in [0.15, 0.2) is 6.10 Å². The number of carbonyl (C=O) groups is 1. The van der Waals surface area contributed by atoms with E-state index in [2.05, 4.69) is 5.32 Å². The molecule has 8 heteroatoms. The molecule has 1 amide bonds. The number of nitrogen functional groups attached to an aromatic ring is 1. The number of halogens is 1. The Labute approximate surface area is 145 Å². The van der Waals surface area contributed by atoms with Crippen LogP contribution in [0.4, 0.5) is 15.8 Å². The summed E-state index contributed by atoms with van der Waals surface area (Å²) in [5.41, 5.74) is 6.38. The summed E-state index contributed by atoms with van der Waals surface area (Å²) in [5, 5.41) is 2.42. The third-order valence-corrected chi connectivity index (χ3v) is 4.82. The number of aryl methyl sites for hydroxylation is 1. The van der Waals surface area contributed by atoms with Crippen LogP contribution < -0.4 is 11.1 Å². The number of nitrogens with one attached hydrogen (secondary N) is 1. The minimum absolute atomic E-state index is 0.0390. The molecule has 0 radical (unpaired) electrons. The highest BCUT2D eigenvalue weighted by atomic mass is 32.2. The van der Waals surface area contributed by atoms with Crippen molar-refractivity contribution in [1.29, 1.82) is 0 Å². The normalized spacial score (nSPS) is 12.6. The zero-order chi connectivity index (χ0) is 18.6. The number of amides is 1. The van der Waals surface area contributed by atoms with Crippen LogP contribution in [-0.4, -0.2) is 20.4 Å². The number of hydrogen-bond acceptors (Lipinski definition) is 5. The van der Waals surface area contributed by atoms with E-state index < -0.39 is 27.9 Å². The number of nitrogens with two attached hydrogens (primary N) is 1. The first-order valence-corrected chi connectivity index (χ1v) is 8.99. The second-order valence-corrected chi connectivity index (χ2v) is 7.06. The Balaban J connectivity index is 2.13. The van der Waals surface area contributed by atoms with Gasteiger partial charge in [0.1, 0.15) is 5.82 Å². The zero-order valence-corrected chi connectivity index (χ0v) is 14.6. The van der Waals surface area contributed by atoms with Gasteiger partial charge in [-0.25, -0.2) is 4.39 Å². The molecule has 0 spiro atoms. The molecule has 0 aromatic heterocycles. The van der Waals surface area contributed by atoms with Gasteiger partial charge in [0, 0.05) is 5.69 Å². The van der Waals surface area contributed by atoms with E-state index in [0.29, 0.717) is 0 Å². The number of hydrogen-bond donors (Lipinski definition) is 2. The minimum atomic E-state index is -4.10. The van der Waals surface area contributed by atoms with Crippen molar-refractivity contribution in [2.75, 3.05) is 11.1 Å². The zero-order valence-electron chi connectivity index (χ0n) is 13.8. The van der Waals surface area contributed by atoms with Crippen molar-refractivity contribution >= 4 is 27.4 Å². The van der Waals surface area contributed by atoms with Crippen molar-refractivity contribution in [3.05, 3.63) is 53.8 Å². The van der Waals surface area contributed by atoms with E-state index in [-0.39, 0.29) is 22.7 Å². The molecule has 1 unspecified atom stereocenters. The van der Waals surface area contributed by atoms with Crippen molar-refractivity contribution in [2.24, 2.45) is 0 Å². The summed E-state index contributed by atoms with van der Waals surface area (Å²) in [6, 6.07) is 9.85. The Morgan fingerprint density at radius 1 is 1.24 bits per heavy atom. The van der Waals surface area contributed by atoms with Gasteiger partial charge < -0.3 is 11.1 Å². The van der Waals surface area contributed by atoms with Crippen molar-refractivity contribution in [1.82, 2.24) is 0 Å².